The van der Waals surface area contributed by atoms with Gasteiger partial charge in [0.2, 0.25) is 5.91 Å². The lowest BCUT2D eigenvalue weighted by Crippen LogP contribution is -2.47. The summed E-state index contributed by atoms with van der Waals surface area (Å²) in [5.74, 6) is -0.240. The summed E-state index contributed by atoms with van der Waals surface area (Å²) in [6, 6.07) is 14.6. The lowest BCUT2D eigenvalue weighted by Gasteiger charge is -2.27. The first-order valence-corrected chi connectivity index (χ1v) is 10.8. The van der Waals surface area contributed by atoms with Crippen LogP contribution in [0.2, 0.25) is 5.02 Å². The molecular formula is C23H24ClN5O2. The van der Waals surface area contributed by atoms with Crippen LogP contribution in [0.25, 0.3) is 0 Å². The summed E-state index contributed by atoms with van der Waals surface area (Å²) in [7, 11) is 0. The molecule has 0 unspecified atom stereocenters. The maximum atomic E-state index is 13.4. The van der Waals surface area contributed by atoms with Crippen LogP contribution in [0.1, 0.15) is 30.1 Å². The number of fused-ring (bicyclic) bond motifs is 2. The lowest BCUT2D eigenvalue weighted by molar-refractivity contribution is -0.130. The number of amides is 2. The summed E-state index contributed by atoms with van der Waals surface area (Å²) in [5, 5.41) is 16.2. The zero-order chi connectivity index (χ0) is 22.0. The number of benzene rings is 2. The van der Waals surface area contributed by atoms with E-state index in [-0.39, 0.29) is 30.4 Å². The number of nitriles is 1. The van der Waals surface area contributed by atoms with Gasteiger partial charge in [0.25, 0.3) is 5.91 Å². The number of hydrogen-bond donors (Lipinski definition) is 2. The molecule has 0 bridgehead atoms. The third-order valence-electron chi connectivity index (χ3n) is 5.70. The van der Waals surface area contributed by atoms with Crippen molar-refractivity contribution in [3.8, 4) is 6.07 Å². The smallest absolute Gasteiger partial charge is 0.260 e. The van der Waals surface area contributed by atoms with Gasteiger partial charge in [-0.15, -0.1) is 0 Å². The first-order valence-electron chi connectivity index (χ1n) is 10.4. The van der Waals surface area contributed by atoms with Crippen LogP contribution in [0, 0.1) is 11.3 Å². The van der Waals surface area contributed by atoms with Crippen molar-refractivity contribution in [3.63, 3.8) is 0 Å². The number of nitrogens with one attached hydrogen (secondary N) is 2. The summed E-state index contributed by atoms with van der Waals surface area (Å²) in [4.78, 5) is 29.3. The Morgan fingerprint density at radius 3 is 2.94 bits per heavy atom. The number of carbonyl (C=O) groups is 2. The van der Waals surface area contributed by atoms with E-state index in [0.29, 0.717) is 29.4 Å². The average Bonchev–Trinajstić information content (AvgIpc) is 3.22. The Kier molecular flexibility index (Phi) is 6.12. The van der Waals surface area contributed by atoms with Crippen LogP contribution >= 0.6 is 11.6 Å². The zero-order valence-electron chi connectivity index (χ0n) is 17.3. The van der Waals surface area contributed by atoms with Gasteiger partial charge in [-0.3, -0.25) is 9.59 Å². The quantitative estimate of drug-likeness (QED) is 0.746. The molecule has 0 saturated carbocycles. The molecular weight excluding hydrogens is 414 g/mol. The van der Waals surface area contributed by atoms with Crippen LogP contribution in [0.4, 0.5) is 17.1 Å². The second-order valence-corrected chi connectivity index (χ2v) is 8.34. The van der Waals surface area contributed by atoms with Gasteiger partial charge in [-0.05, 0) is 50.1 Å². The first kappa shape index (κ1) is 21.2. The molecule has 7 nitrogen and oxygen atoms in total. The highest BCUT2D eigenvalue weighted by Crippen LogP contribution is 2.36. The molecule has 0 radical (unpaired) electrons. The van der Waals surface area contributed by atoms with Crippen molar-refractivity contribution < 1.29 is 9.59 Å². The van der Waals surface area contributed by atoms with Crippen LogP contribution in [0.15, 0.2) is 42.5 Å². The predicted octanol–water partition coefficient (Wildman–Crippen LogP) is 3.54. The molecule has 2 aliphatic heterocycles. The van der Waals surface area contributed by atoms with Gasteiger partial charge in [0.15, 0.2) is 0 Å². The van der Waals surface area contributed by atoms with E-state index in [1.165, 1.54) is 0 Å². The molecule has 2 atom stereocenters. The van der Waals surface area contributed by atoms with Crippen LogP contribution in [-0.2, 0) is 4.79 Å². The van der Waals surface area contributed by atoms with Gasteiger partial charge in [0.1, 0.15) is 6.04 Å². The highest BCUT2D eigenvalue weighted by molar-refractivity contribution is 6.31. The van der Waals surface area contributed by atoms with Crippen molar-refractivity contribution in [3.05, 3.63) is 53.1 Å². The zero-order valence-corrected chi connectivity index (χ0v) is 18.0. The fourth-order valence-electron chi connectivity index (χ4n) is 4.10. The van der Waals surface area contributed by atoms with Gasteiger partial charge in [-0.2, -0.15) is 5.26 Å². The molecule has 1 saturated heterocycles. The van der Waals surface area contributed by atoms with E-state index in [1.807, 2.05) is 31.2 Å². The van der Waals surface area contributed by atoms with Crippen LogP contribution in [0.3, 0.4) is 0 Å². The number of anilines is 3. The van der Waals surface area contributed by atoms with Gasteiger partial charge in [0, 0.05) is 24.2 Å². The molecule has 2 N–H and O–H groups in total. The molecule has 0 aromatic heterocycles. The third-order valence-corrected chi connectivity index (χ3v) is 5.94. The molecule has 2 aliphatic rings. The molecule has 2 aromatic rings. The van der Waals surface area contributed by atoms with Gasteiger partial charge in [-0.1, -0.05) is 23.7 Å². The molecule has 160 valence electrons. The Morgan fingerprint density at radius 2 is 2.13 bits per heavy atom. The second kappa shape index (κ2) is 8.96. The molecule has 2 amide bonds. The topological polar surface area (TPSA) is 88.5 Å². The monoisotopic (exact) mass is 437 g/mol. The predicted molar refractivity (Wildman–Crippen MR) is 121 cm³/mol. The number of halogens is 1. The van der Waals surface area contributed by atoms with Crippen LogP contribution in [-0.4, -0.2) is 48.4 Å². The van der Waals surface area contributed by atoms with E-state index in [1.54, 1.807) is 28.0 Å². The number of hydrogen-bond acceptors (Lipinski definition) is 5. The molecule has 1 fully saturated rings. The first-order chi connectivity index (χ1) is 15.0. The third kappa shape index (κ3) is 4.36. The highest BCUT2D eigenvalue weighted by atomic mass is 35.5. The van der Waals surface area contributed by atoms with Crippen molar-refractivity contribution in [1.29, 1.82) is 5.26 Å². The molecule has 8 heteroatoms. The minimum Gasteiger partial charge on any atom is -0.353 e. The largest absolute Gasteiger partial charge is 0.353 e. The Labute approximate surface area is 186 Å². The molecule has 2 aromatic carbocycles. The minimum atomic E-state index is -0.337. The standard InChI is InChI=1S/C23H24ClN5O2/c1-15(26-13-22(30)28-10-4-5-17(28)12-25)14-29-21-7-3-2-6-20(21)27-19-9-8-16(24)11-18(19)23(29)31/h2-3,6-9,11,15,17,26-27H,4-5,10,13-14H2,1H3/t15-,17-/m0/s1. The Bertz CT molecular complexity index is 1050. The Hall–Kier alpha value is -3.08. The molecule has 0 aliphatic carbocycles. The summed E-state index contributed by atoms with van der Waals surface area (Å²) in [6.07, 6.45) is 1.58. The second-order valence-electron chi connectivity index (χ2n) is 7.90. The van der Waals surface area contributed by atoms with Crippen molar-refractivity contribution in [1.82, 2.24) is 10.2 Å². The molecule has 2 heterocycles. The van der Waals surface area contributed by atoms with E-state index in [4.69, 9.17) is 11.6 Å². The SMILES string of the molecule is C[C@@H](CN1C(=O)c2cc(Cl)ccc2Nc2ccccc21)NCC(=O)N1CCC[C@H]1C#N. The Morgan fingerprint density at radius 1 is 1.32 bits per heavy atom. The van der Waals surface area contributed by atoms with Gasteiger partial charge in [-0.25, -0.2) is 0 Å². The highest BCUT2D eigenvalue weighted by Gasteiger charge is 2.30. The van der Waals surface area contributed by atoms with E-state index < -0.39 is 0 Å². The summed E-state index contributed by atoms with van der Waals surface area (Å²) in [5.41, 5.74) is 2.80. The van der Waals surface area contributed by atoms with Gasteiger partial charge >= 0.3 is 0 Å². The summed E-state index contributed by atoms with van der Waals surface area (Å²) in [6.45, 7) is 3.06. The average molecular weight is 438 g/mol. The van der Waals surface area contributed by atoms with E-state index >= 15 is 0 Å². The van der Waals surface area contributed by atoms with Gasteiger partial charge < -0.3 is 20.4 Å². The van der Waals surface area contributed by atoms with Crippen LogP contribution in [0.5, 0.6) is 0 Å². The number of carbonyl (C=O) groups excluding carboxylic acids is 2. The van der Waals surface area contributed by atoms with Crippen molar-refractivity contribution in [2.75, 3.05) is 29.9 Å². The van der Waals surface area contributed by atoms with Crippen LogP contribution < -0.4 is 15.5 Å². The number of rotatable bonds is 5. The van der Waals surface area contributed by atoms with Crippen molar-refractivity contribution >= 4 is 40.5 Å². The van der Waals surface area contributed by atoms with Gasteiger partial charge in [0.05, 0.1) is 35.2 Å². The number of likely N-dealkylation sites (tertiary alicyclic amines) is 1. The van der Waals surface area contributed by atoms with E-state index in [2.05, 4.69) is 16.7 Å². The minimum absolute atomic E-state index is 0.0858. The maximum absolute atomic E-state index is 13.4. The fraction of sp³-hybridized carbons (Fsp3) is 0.348. The molecule has 31 heavy (non-hydrogen) atoms. The summed E-state index contributed by atoms with van der Waals surface area (Å²) >= 11 is 6.15. The number of para-hydroxylation sites is 2. The summed E-state index contributed by atoms with van der Waals surface area (Å²) < 4.78 is 0. The molecule has 0 spiro atoms. The number of nitrogens with zero attached hydrogens (tertiary/aromatic N) is 3. The van der Waals surface area contributed by atoms with Crippen molar-refractivity contribution in [2.45, 2.75) is 31.8 Å². The molecule has 4 rings (SSSR count). The maximum Gasteiger partial charge on any atom is 0.260 e. The Balaban J connectivity index is 1.50. The van der Waals surface area contributed by atoms with Crippen molar-refractivity contribution in [2.24, 2.45) is 0 Å². The van der Waals surface area contributed by atoms with E-state index in [0.717, 1.165) is 24.2 Å². The fourth-order valence-corrected chi connectivity index (χ4v) is 4.27. The normalized spacial score (nSPS) is 18.5. The lowest BCUT2D eigenvalue weighted by atomic mass is 10.1. The van der Waals surface area contributed by atoms with E-state index in [9.17, 15) is 14.9 Å².